The first kappa shape index (κ1) is 50.9. The fourth-order valence-electron chi connectivity index (χ4n) is 9.77. The summed E-state index contributed by atoms with van der Waals surface area (Å²) in [5.41, 5.74) is 30.2. The number of hydrogen-bond acceptors (Lipinski definition) is 0. The maximum absolute atomic E-state index is 13.0. The van der Waals surface area contributed by atoms with Crippen molar-refractivity contribution < 1.29 is 4.70 Å². The topological polar surface area (TPSA) is 25.3 Å². The van der Waals surface area contributed by atoms with Crippen molar-refractivity contribution in [2.45, 2.75) is 267 Å². The Kier molecular flexibility index (Phi) is 26.3. The number of aryl methyl sites for hydroxylation is 4. The largest absolute Gasteiger partial charge is 0.493 e. The third-order valence-electron chi connectivity index (χ3n) is 13.3. The second-order valence-corrected chi connectivity index (χ2v) is 18.5. The fraction of sp³-hybridized carbons (Fsp3) is 0.719. The van der Waals surface area contributed by atoms with E-state index < -0.39 is 0 Å². The highest BCUT2D eigenvalue weighted by Crippen LogP contribution is 2.46. The summed E-state index contributed by atoms with van der Waals surface area (Å²) in [4.78, 5) is 0. The van der Waals surface area contributed by atoms with Gasteiger partial charge in [-0.3, -0.25) is 0 Å². The molecule has 0 N–H and O–H groups in total. The predicted molar refractivity (Wildman–Crippen MR) is 263 cm³/mol. The zero-order chi connectivity index (χ0) is 42.7. The zero-order valence-corrected chi connectivity index (χ0v) is 40.5. The summed E-state index contributed by atoms with van der Waals surface area (Å²) in [7, 11) is 0. The Morgan fingerprint density at radius 1 is 0.305 bits per heavy atom. The Hall–Kier alpha value is -2.48. The SMILES string of the molecule is CCCCCCc1cc(C2=C(CCCC)C(CCCCC)=C(c3cc(CCCCCC)c(CCCC)c(CCCCCC)c3)[N+]2=[N-])cc(CCCCCC)c1CCCC. The van der Waals surface area contributed by atoms with Crippen LogP contribution in [0.5, 0.6) is 0 Å². The zero-order valence-electron chi connectivity index (χ0n) is 40.5. The second-order valence-electron chi connectivity index (χ2n) is 18.5. The van der Waals surface area contributed by atoms with Gasteiger partial charge in [0.15, 0.2) is 0 Å². The van der Waals surface area contributed by atoms with Gasteiger partial charge in [0.25, 0.3) is 0 Å². The lowest BCUT2D eigenvalue weighted by atomic mass is 9.86. The van der Waals surface area contributed by atoms with Gasteiger partial charge in [-0.25, -0.2) is 4.70 Å². The number of nitrogens with zero attached hydrogens (tertiary/aromatic N) is 2. The van der Waals surface area contributed by atoms with Gasteiger partial charge in [-0.05, 0) is 160 Å². The van der Waals surface area contributed by atoms with Crippen LogP contribution in [0.1, 0.15) is 273 Å². The van der Waals surface area contributed by atoms with Crippen molar-refractivity contribution >= 4 is 11.4 Å². The van der Waals surface area contributed by atoms with E-state index in [9.17, 15) is 5.53 Å². The molecule has 0 radical (unpaired) electrons. The molecule has 0 aromatic heterocycles. The molecular weight excluding hydrogens is 713 g/mol. The Labute approximate surface area is 367 Å². The lowest BCUT2D eigenvalue weighted by Crippen LogP contribution is -2.09. The van der Waals surface area contributed by atoms with Crippen molar-refractivity contribution in [3.8, 4) is 0 Å². The average molecular weight is 807 g/mol. The van der Waals surface area contributed by atoms with E-state index in [2.05, 4.69) is 79.7 Å². The monoisotopic (exact) mass is 807 g/mol. The maximum Gasteiger partial charge on any atom is 0.211 e. The Balaban J connectivity index is 2.34. The molecular formula is C57H94N2. The Morgan fingerprint density at radius 3 is 0.864 bits per heavy atom. The molecule has 0 bridgehead atoms. The van der Waals surface area contributed by atoms with Crippen LogP contribution in [0.3, 0.4) is 0 Å². The molecule has 0 aliphatic carbocycles. The molecule has 1 aliphatic heterocycles. The van der Waals surface area contributed by atoms with Gasteiger partial charge >= 0.3 is 0 Å². The molecule has 2 heteroatoms. The van der Waals surface area contributed by atoms with Crippen LogP contribution < -0.4 is 0 Å². The molecule has 0 saturated carbocycles. The minimum atomic E-state index is 1.03. The van der Waals surface area contributed by atoms with Crippen molar-refractivity contribution in [1.29, 1.82) is 0 Å². The molecule has 0 saturated heterocycles. The van der Waals surface area contributed by atoms with Crippen molar-refractivity contribution in [3.05, 3.63) is 85.5 Å². The van der Waals surface area contributed by atoms with Crippen molar-refractivity contribution in [1.82, 2.24) is 0 Å². The van der Waals surface area contributed by atoms with E-state index in [0.29, 0.717) is 0 Å². The predicted octanol–water partition coefficient (Wildman–Crippen LogP) is 18.8. The van der Waals surface area contributed by atoms with Crippen molar-refractivity contribution in [2.24, 2.45) is 0 Å². The molecule has 0 atom stereocenters. The number of benzene rings is 2. The number of allylic oxidation sites excluding steroid dienone is 2. The number of hydrogen-bond donors (Lipinski definition) is 0. The quantitative estimate of drug-likeness (QED) is 0.0490. The molecule has 3 rings (SSSR count). The van der Waals surface area contributed by atoms with E-state index >= 15 is 0 Å². The minimum Gasteiger partial charge on any atom is -0.493 e. The molecule has 1 heterocycles. The normalized spacial score (nSPS) is 13.2. The lowest BCUT2D eigenvalue weighted by molar-refractivity contribution is -0.345. The second kappa shape index (κ2) is 30.5. The highest BCUT2D eigenvalue weighted by Gasteiger charge is 2.36. The fourth-order valence-corrected chi connectivity index (χ4v) is 9.77. The van der Waals surface area contributed by atoms with Gasteiger partial charge in [-0.2, -0.15) is 0 Å². The molecule has 0 spiro atoms. The first-order chi connectivity index (χ1) is 28.9. The highest BCUT2D eigenvalue weighted by atomic mass is 15.2. The molecule has 0 amide bonds. The van der Waals surface area contributed by atoms with E-state index in [0.717, 1.165) is 62.8 Å². The molecule has 332 valence electrons. The highest BCUT2D eigenvalue weighted by molar-refractivity contribution is 5.83. The lowest BCUT2D eigenvalue weighted by Gasteiger charge is -2.20. The van der Waals surface area contributed by atoms with Gasteiger partial charge in [0.2, 0.25) is 11.4 Å². The molecule has 0 fully saturated rings. The van der Waals surface area contributed by atoms with E-state index in [1.165, 1.54) is 183 Å². The summed E-state index contributed by atoms with van der Waals surface area (Å²) < 4.78 is 1.75. The summed E-state index contributed by atoms with van der Waals surface area (Å²) in [5, 5.41) is 0. The van der Waals surface area contributed by atoms with Crippen LogP contribution in [0.15, 0.2) is 35.4 Å². The van der Waals surface area contributed by atoms with E-state index in [-0.39, 0.29) is 0 Å². The first-order valence-electron chi connectivity index (χ1n) is 26.2. The third kappa shape index (κ3) is 16.4. The van der Waals surface area contributed by atoms with Gasteiger partial charge in [0.05, 0.1) is 0 Å². The van der Waals surface area contributed by atoms with E-state index in [1.807, 2.05) is 0 Å². The van der Waals surface area contributed by atoms with Crippen molar-refractivity contribution in [3.63, 3.8) is 0 Å². The number of unbranched alkanes of at least 4 members (excludes halogenated alkanes) is 17. The maximum atomic E-state index is 13.0. The van der Waals surface area contributed by atoms with Gasteiger partial charge in [-0.15, -0.1) is 0 Å². The van der Waals surface area contributed by atoms with Crippen molar-refractivity contribution in [2.75, 3.05) is 0 Å². The van der Waals surface area contributed by atoms with Crippen LogP contribution in [0, 0.1) is 0 Å². The standard InChI is InChI=1S/C57H94N2/c1-9-17-25-30-34-46-42-50(43-47(35-31-26-18-10-2)52(46)38-22-14-6)56-54(40-24-16-8)55(41-29-21-13-5)57(59(56)58)51-44-48(36-32-27-19-11-3)53(39-23-15-7)49(45-51)37-33-28-20-12-4/h42-45H,9-41H2,1-8H3. The average Bonchev–Trinajstić information content (AvgIpc) is 3.52. The van der Waals surface area contributed by atoms with Gasteiger partial charge < -0.3 is 5.53 Å². The van der Waals surface area contributed by atoms with E-state index in [4.69, 9.17) is 0 Å². The third-order valence-corrected chi connectivity index (χ3v) is 13.3. The van der Waals surface area contributed by atoms with Gasteiger partial charge in [-0.1, -0.05) is 165 Å². The molecule has 2 aromatic carbocycles. The van der Waals surface area contributed by atoms with E-state index in [1.54, 1.807) is 38.1 Å². The van der Waals surface area contributed by atoms with Crippen LogP contribution >= 0.6 is 0 Å². The first-order valence-corrected chi connectivity index (χ1v) is 26.2. The molecule has 2 aromatic rings. The molecule has 0 unspecified atom stereocenters. The molecule has 1 aliphatic rings. The molecule has 2 nitrogen and oxygen atoms in total. The summed E-state index contributed by atoms with van der Waals surface area (Å²) in [5.74, 6) is 0. The Bertz CT molecular complexity index is 1490. The van der Waals surface area contributed by atoms with Crippen LogP contribution in [0.25, 0.3) is 16.9 Å². The number of rotatable bonds is 35. The Morgan fingerprint density at radius 2 is 0.559 bits per heavy atom. The van der Waals surface area contributed by atoms with Crippen LogP contribution in [-0.2, 0) is 38.5 Å². The minimum absolute atomic E-state index is 1.03. The van der Waals surface area contributed by atoms with Gasteiger partial charge in [0.1, 0.15) is 0 Å². The smallest absolute Gasteiger partial charge is 0.211 e. The summed E-state index contributed by atoms with van der Waals surface area (Å²) >= 11 is 0. The summed E-state index contributed by atoms with van der Waals surface area (Å²) in [6, 6.07) is 10.3. The summed E-state index contributed by atoms with van der Waals surface area (Å²) in [6.45, 7) is 18.7. The molecule has 59 heavy (non-hydrogen) atoms. The summed E-state index contributed by atoms with van der Waals surface area (Å²) in [6.07, 6.45) is 40.6. The van der Waals surface area contributed by atoms with Crippen LogP contribution in [0.2, 0.25) is 0 Å². The van der Waals surface area contributed by atoms with Crippen LogP contribution in [0.4, 0.5) is 0 Å². The van der Waals surface area contributed by atoms with Gasteiger partial charge in [0, 0.05) is 22.3 Å². The van der Waals surface area contributed by atoms with Crippen LogP contribution in [-0.4, -0.2) is 4.70 Å².